The van der Waals surface area contributed by atoms with E-state index in [9.17, 15) is 4.79 Å². The van der Waals surface area contributed by atoms with Crippen LogP contribution in [-0.4, -0.2) is 43.7 Å². The van der Waals surface area contributed by atoms with Crippen LogP contribution in [0.15, 0.2) is 60.7 Å². The monoisotopic (exact) mass is 338 g/mol. The van der Waals surface area contributed by atoms with Crippen molar-refractivity contribution < 1.29 is 9.53 Å². The van der Waals surface area contributed by atoms with E-state index in [0.29, 0.717) is 6.42 Å². The molecule has 4 heteroatoms. The maximum atomic E-state index is 12.5. The molecule has 1 atom stereocenters. The van der Waals surface area contributed by atoms with Gasteiger partial charge in [-0.05, 0) is 17.5 Å². The van der Waals surface area contributed by atoms with Crippen molar-refractivity contribution in [3.63, 3.8) is 0 Å². The number of carbonyl (C=O) groups is 1. The van der Waals surface area contributed by atoms with Crippen LogP contribution in [0.5, 0.6) is 0 Å². The molecular weight excluding hydrogens is 312 g/mol. The van der Waals surface area contributed by atoms with E-state index in [4.69, 9.17) is 4.74 Å². The van der Waals surface area contributed by atoms with Crippen LogP contribution in [0.3, 0.4) is 0 Å². The summed E-state index contributed by atoms with van der Waals surface area (Å²) in [5.74, 6) is 0.103. The van der Waals surface area contributed by atoms with Crippen molar-refractivity contribution in [1.29, 1.82) is 0 Å². The van der Waals surface area contributed by atoms with Gasteiger partial charge < -0.3 is 10.1 Å². The lowest BCUT2D eigenvalue weighted by molar-refractivity contribution is -0.122. The molecular formula is C21H26N2O2. The molecule has 2 aromatic rings. The van der Waals surface area contributed by atoms with Gasteiger partial charge in [-0.3, -0.25) is 9.69 Å². The number of rotatable bonds is 7. The third kappa shape index (κ3) is 5.69. The molecule has 1 aliphatic rings. The van der Waals surface area contributed by atoms with Crippen molar-refractivity contribution >= 4 is 5.91 Å². The molecule has 1 aliphatic heterocycles. The molecule has 25 heavy (non-hydrogen) atoms. The molecule has 1 heterocycles. The summed E-state index contributed by atoms with van der Waals surface area (Å²) in [6.45, 7) is 4.20. The van der Waals surface area contributed by atoms with E-state index in [0.717, 1.165) is 44.8 Å². The normalized spacial score (nSPS) is 16.3. The Labute approximate surface area is 149 Å². The molecule has 3 rings (SSSR count). The summed E-state index contributed by atoms with van der Waals surface area (Å²) in [4.78, 5) is 14.8. The van der Waals surface area contributed by atoms with Crippen molar-refractivity contribution in [3.8, 4) is 0 Å². The Balaban J connectivity index is 1.59. The summed E-state index contributed by atoms with van der Waals surface area (Å²) in [5.41, 5.74) is 2.35. The van der Waals surface area contributed by atoms with E-state index >= 15 is 0 Å². The van der Waals surface area contributed by atoms with Crippen molar-refractivity contribution in [3.05, 3.63) is 71.8 Å². The first-order chi connectivity index (χ1) is 12.3. The van der Waals surface area contributed by atoms with E-state index in [1.54, 1.807) is 0 Å². The average Bonchev–Trinajstić information content (AvgIpc) is 2.68. The number of amides is 1. The van der Waals surface area contributed by atoms with Crippen molar-refractivity contribution in [2.45, 2.75) is 18.9 Å². The Bertz CT molecular complexity index is 639. The van der Waals surface area contributed by atoms with Crippen molar-refractivity contribution in [1.82, 2.24) is 10.2 Å². The molecule has 132 valence electrons. The Morgan fingerprint density at radius 1 is 1.00 bits per heavy atom. The van der Waals surface area contributed by atoms with Gasteiger partial charge in [-0.25, -0.2) is 0 Å². The number of morpholine rings is 1. The Morgan fingerprint density at radius 2 is 1.64 bits per heavy atom. The highest BCUT2D eigenvalue weighted by atomic mass is 16.5. The third-order valence-corrected chi connectivity index (χ3v) is 4.57. The van der Waals surface area contributed by atoms with Crippen molar-refractivity contribution in [2.75, 3.05) is 32.8 Å². The fourth-order valence-corrected chi connectivity index (χ4v) is 3.13. The summed E-state index contributed by atoms with van der Waals surface area (Å²) >= 11 is 0. The van der Waals surface area contributed by atoms with Crippen LogP contribution in [-0.2, 0) is 16.0 Å². The third-order valence-electron chi connectivity index (χ3n) is 4.57. The van der Waals surface area contributed by atoms with Crippen LogP contribution in [0.4, 0.5) is 0 Å². The zero-order valence-electron chi connectivity index (χ0n) is 14.6. The quantitative estimate of drug-likeness (QED) is 0.844. The van der Waals surface area contributed by atoms with Gasteiger partial charge in [-0.1, -0.05) is 60.7 Å². The largest absolute Gasteiger partial charge is 0.379 e. The molecule has 0 bridgehead atoms. The average molecular weight is 338 g/mol. The number of aryl methyl sites for hydroxylation is 1. The van der Waals surface area contributed by atoms with Gasteiger partial charge in [0.2, 0.25) is 5.91 Å². The fraction of sp³-hybridized carbons (Fsp3) is 0.381. The molecule has 0 aromatic heterocycles. The van der Waals surface area contributed by atoms with Gasteiger partial charge >= 0.3 is 0 Å². The smallest absolute Gasteiger partial charge is 0.220 e. The molecule has 4 nitrogen and oxygen atoms in total. The van der Waals surface area contributed by atoms with Crippen LogP contribution >= 0.6 is 0 Å². The zero-order valence-corrected chi connectivity index (χ0v) is 14.6. The molecule has 1 fully saturated rings. The second kappa shape index (κ2) is 9.35. The molecule has 0 saturated carbocycles. The first-order valence-corrected chi connectivity index (χ1v) is 8.99. The standard InChI is InChI=1S/C21H26N2O2/c24-21(12-11-18-7-3-1-4-8-18)22-20(19-9-5-2-6-10-19)17-23-13-15-25-16-14-23/h1-10,20H,11-17H2,(H,22,24). The Kier molecular flexibility index (Phi) is 6.60. The van der Waals surface area contributed by atoms with Crippen LogP contribution in [0.2, 0.25) is 0 Å². The van der Waals surface area contributed by atoms with E-state index < -0.39 is 0 Å². The minimum absolute atomic E-state index is 0.0163. The Morgan fingerprint density at radius 3 is 2.32 bits per heavy atom. The van der Waals surface area contributed by atoms with Crippen LogP contribution in [0.1, 0.15) is 23.6 Å². The second-order valence-corrected chi connectivity index (χ2v) is 6.43. The van der Waals surface area contributed by atoms with Gasteiger partial charge in [0, 0.05) is 26.1 Å². The number of carbonyl (C=O) groups excluding carboxylic acids is 1. The zero-order chi connectivity index (χ0) is 17.3. The molecule has 0 spiro atoms. The summed E-state index contributed by atoms with van der Waals surface area (Å²) < 4.78 is 5.43. The van der Waals surface area contributed by atoms with Crippen LogP contribution in [0.25, 0.3) is 0 Å². The maximum absolute atomic E-state index is 12.5. The highest BCUT2D eigenvalue weighted by Gasteiger charge is 2.19. The number of ether oxygens (including phenoxy) is 1. The lowest BCUT2D eigenvalue weighted by Crippen LogP contribution is -2.43. The van der Waals surface area contributed by atoms with E-state index in [2.05, 4.69) is 34.5 Å². The number of hydrogen-bond acceptors (Lipinski definition) is 3. The number of hydrogen-bond donors (Lipinski definition) is 1. The lowest BCUT2D eigenvalue weighted by Gasteiger charge is -2.31. The molecule has 0 aliphatic carbocycles. The topological polar surface area (TPSA) is 41.6 Å². The first-order valence-electron chi connectivity index (χ1n) is 8.99. The lowest BCUT2D eigenvalue weighted by atomic mass is 10.0. The minimum Gasteiger partial charge on any atom is -0.379 e. The highest BCUT2D eigenvalue weighted by Crippen LogP contribution is 2.16. The highest BCUT2D eigenvalue weighted by molar-refractivity contribution is 5.76. The summed E-state index contributed by atoms with van der Waals surface area (Å²) in [7, 11) is 0. The Hall–Kier alpha value is -2.17. The summed E-state index contributed by atoms with van der Waals surface area (Å²) in [6.07, 6.45) is 1.28. The van der Waals surface area contributed by atoms with E-state index in [-0.39, 0.29) is 11.9 Å². The molecule has 1 N–H and O–H groups in total. The predicted octanol–water partition coefficient (Wildman–Crippen LogP) is 2.81. The van der Waals surface area contributed by atoms with Crippen LogP contribution < -0.4 is 5.32 Å². The van der Waals surface area contributed by atoms with Gasteiger partial charge in [-0.2, -0.15) is 0 Å². The maximum Gasteiger partial charge on any atom is 0.220 e. The number of benzene rings is 2. The molecule has 1 amide bonds. The molecule has 1 saturated heterocycles. The summed E-state index contributed by atoms with van der Waals surface area (Å²) in [6, 6.07) is 20.4. The minimum atomic E-state index is 0.0163. The van der Waals surface area contributed by atoms with Crippen molar-refractivity contribution in [2.24, 2.45) is 0 Å². The van der Waals surface area contributed by atoms with Crippen LogP contribution in [0, 0.1) is 0 Å². The van der Waals surface area contributed by atoms with E-state index in [1.165, 1.54) is 5.56 Å². The molecule has 2 aromatic carbocycles. The van der Waals surface area contributed by atoms with Gasteiger partial charge in [-0.15, -0.1) is 0 Å². The molecule has 0 radical (unpaired) electrons. The fourth-order valence-electron chi connectivity index (χ4n) is 3.13. The molecule has 1 unspecified atom stereocenters. The van der Waals surface area contributed by atoms with Gasteiger partial charge in [0.25, 0.3) is 0 Å². The number of nitrogens with zero attached hydrogens (tertiary/aromatic N) is 1. The number of nitrogens with one attached hydrogen (secondary N) is 1. The van der Waals surface area contributed by atoms with Gasteiger partial charge in [0.1, 0.15) is 0 Å². The first kappa shape index (κ1) is 17.6. The SMILES string of the molecule is O=C(CCc1ccccc1)NC(CN1CCOCC1)c1ccccc1. The van der Waals surface area contributed by atoms with Gasteiger partial charge in [0.15, 0.2) is 0 Å². The predicted molar refractivity (Wildman–Crippen MR) is 99.3 cm³/mol. The van der Waals surface area contributed by atoms with Gasteiger partial charge in [0.05, 0.1) is 19.3 Å². The summed E-state index contributed by atoms with van der Waals surface area (Å²) in [5, 5.41) is 3.23. The second-order valence-electron chi connectivity index (χ2n) is 6.43. The van der Waals surface area contributed by atoms with E-state index in [1.807, 2.05) is 36.4 Å².